The fourth-order valence-electron chi connectivity index (χ4n) is 2.80. The second-order valence-electron chi connectivity index (χ2n) is 5.69. The number of ketones is 1. The average Bonchev–Trinajstić information content (AvgIpc) is 2.61. The van der Waals surface area contributed by atoms with E-state index in [9.17, 15) is 31.5 Å². The highest BCUT2D eigenvalue weighted by Gasteiger charge is 2.33. The van der Waals surface area contributed by atoms with Crippen molar-refractivity contribution in [2.45, 2.75) is 39.0 Å². The zero-order valence-corrected chi connectivity index (χ0v) is 12.8. The molecule has 3 nitrogen and oxygen atoms in total. The highest BCUT2D eigenvalue weighted by molar-refractivity contribution is 5.81. The number of halogens is 5. The molecule has 0 atom stereocenters. The van der Waals surface area contributed by atoms with Crippen LogP contribution in [0, 0.1) is 40.9 Å². The van der Waals surface area contributed by atoms with Crippen LogP contribution in [-0.2, 0) is 9.59 Å². The third-order valence-corrected chi connectivity index (χ3v) is 4.24. The summed E-state index contributed by atoms with van der Waals surface area (Å²) in [5.74, 6) is -14.5. The Hall–Kier alpha value is -1.99. The summed E-state index contributed by atoms with van der Waals surface area (Å²) in [5, 5.41) is 0. The SMILES string of the molecule is CCC(=O)C1CCC(C(=O)Oc2c(F)c(F)c(F)c(F)c2F)CC1. The van der Waals surface area contributed by atoms with E-state index in [1.807, 2.05) is 0 Å². The predicted molar refractivity (Wildman–Crippen MR) is 72.6 cm³/mol. The quantitative estimate of drug-likeness (QED) is 0.270. The fourth-order valence-corrected chi connectivity index (χ4v) is 2.80. The summed E-state index contributed by atoms with van der Waals surface area (Å²) in [6.07, 6.45) is 1.73. The molecule has 1 fully saturated rings. The van der Waals surface area contributed by atoms with Gasteiger partial charge in [0.2, 0.25) is 34.8 Å². The lowest BCUT2D eigenvalue weighted by Crippen LogP contribution is -2.29. The van der Waals surface area contributed by atoms with Gasteiger partial charge in [0.1, 0.15) is 5.78 Å². The van der Waals surface area contributed by atoms with Crippen LogP contribution in [-0.4, -0.2) is 11.8 Å². The van der Waals surface area contributed by atoms with Crippen LogP contribution in [0.1, 0.15) is 39.0 Å². The van der Waals surface area contributed by atoms with E-state index >= 15 is 0 Å². The maximum Gasteiger partial charge on any atom is 0.314 e. The highest BCUT2D eigenvalue weighted by Crippen LogP contribution is 2.33. The van der Waals surface area contributed by atoms with Gasteiger partial charge in [0.05, 0.1) is 5.92 Å². The van der Waals surface area contributed by atoms with Crippen molar-refractivity contribution in [3.05, 3.63) is 29.1 Å². The maximum absolute atomic E-state index is 13.5. The van der Waals surface area contributed by atoms with E-state index in [1.165, 1.54) is 0 Å². The molecule has 0 saturated heterocycles. The van der Waals surface area contributed by atoms with Crippen molar-refractivity contribution in [2.75, 3.05) is 0 Å². The van der Waals surface area contributed by atoms with Crippen LogP contribution in [0.5, 0.6) is 5.75 Å². The number of ether oxygens (including phenoxy) is 1. The molecule has 132 valence electrons. The predicted octanol–water partition coefficient (Wildman–Crippen LogP) is 4.07. The zero-order chi connectivity index (χ0) is 18.0. The molecule has 1 aromatic carbocycles. The number of Topliss-reactive ketones (excluding diaryl/α,β-unsaturated/α-hetero) is 1. The van der Waals surface area contributed by atoms with Gasteiger partial charge in [-0.05, 0) is 25.7 Å². The lowest BCUT2D eigenvalue weighted by atomic mass is 9.79. The molecule has 1 saturated carbocycles. The molecule has 1 aliphatic carbocycles. The van der Waals surface area contributed by atoms with Gasteiger partial charge in [-0.1, -0.05) is 6.92 Å². The van der Waals surface area contributed by atoms with Crippen LogP contribution in [0.25, 0.3) is 0 Å². The molecule has 1 aromatic rings. The third-order valence-electron chi connectivity index (χ3n) is 4.24. The van der Waals surface area contributed by atoms with Gasteiger partial charge >= 0.3 is 5.97 Å². The summed E-state index contributed by atoms with van der Waals surface area (Å²) in [7, 11) is 0. The first-order valence-electron chi connectivity index (χ1n) is 7.53. The number of hydrogen-bond acceptors (Lipinski definition) is 3. The van der Waals surface area contributed by atoms with E-state index in [-0.39, 0.29) is 24.5 Å². The largest absolute Gasteiger partial charge is 0.420 e. The summed E-state index contributed by atoms with van der Waals surface area (Å²) in [6.45, 7) is 1.73. The van der Waals surface area contributed by atoms with Crippen molar-refractivity contribution in [3.8, 4) is 5.75 Å². The van der Waals surface area contributed by atoms with Gasteiger partial charge in [-0.15, -0.1) is 0 Å². The first kappa shape index (κ1) is 18.4. The van der Waals surface area contributed by atoms with Crippen molar-refractivity contribution in [1.82, 2.24) is 0 Å². The van der Waals surface area contributed by atoms with Gasteiger partial charge in [-0.25, -0.2) is 13.2 Å². The zero-order valence-electron chi connectivity index (χ0n) is 12.8. The minimum absolute atomic E-state index is 0.0709. The van der Waals surface area contributed by atoms with E-state index in [4.69, 9.17) is 0 Å². The normalized spacial score (nSPS) is 20.8. The molecule has 24 heavy (non-hydrogen) atoms. The first-order chi connectivity index (χ1) is 11.3. The van der Waals surface area contributed by atoms with E-state index in [0.29, 0.717) is 19.3 Å². The Balaban J connectivity index is 2.11. The Labute approximate surface area is 134 Å². The Morgan fingerprint density at radius 2 is 1.25 bits per heavy atom. The molecule has 1 aliphatic rings. The van der Waals surface area contributed by atoms with Crippen molar-refractivity contribution in [1.29, 1.82) is 0 Å². The van der Waals surface area contributed by atoms with Crippen LogP contribution in [0.3, 0.4) is 0 Å². The molecule has 0 unspecified atom stereocenters. The summed E-state index contributed by atoms with van der Waals surface area (Å²) >= 11 is 0. The van der Waals surface area contributed by atoms with Crippen molar-refractivity contribution in [2.24, 2.45) is 11.8 Å². The number of hydrogen-bond donors (Lipinski definition) is 0. The van der Waals surface area contributed by atoms with Gasteiger partial charge in [0, 0.05) is 12.3 Å². The van der Waals surface area contributed by atoms with Crippen LogP contribution >= 0.6 is 0 Å². The topological polar surface area (TPSA) is 43.4 Å². The fraction of sp³-hybridized carbons (Fsp3) is 0.500. The third kappa shape index (κ3) is 3.42. The molecular weight excluding hydrogens is 335 g/mol. The molecule has 0 amide bonds. The average molecular weight is 350 g/mol. The lowest BCUT2D eigenvalue weighted by Gasteiger charge is -2.26. The molecule has 0 bridgehead atoms. The summed E-state index contributed by atoms with van der Waals surface area (Å²) in [4.78, 5) is 23.5. The maximum atomic E-state index is 13.5. The lowest BCUT2D eigenvalue weighted by molar-refractivity contribution is -0.141. The van der Waals surface area contributed by atoms with Crippen molar-refractivity contribution >= 4 is 11.8 Å². The molecule has 0 aliphatic heterocycles. The van der Waals surface area contributed by atoms with Gasteiger partial charge < -0.3 is 4.74 Å². The number of carbonyl (C=O) groups excluding carboxylic acids is 2. The van der Waals surface area contributed by atoms with E-state index < -0.39 is 46.7 Å². The summed E-state index contributed by atoms with van der Waals surface area (Å²) in [6, 6.07) is 0. The molecule has 0 heterocycles. The van der Waals surface area contributed by atoms with Crippen LogP contribution in [0.2, 0.25) is 0 Å². The van der Waals surface area contributed by atoms with Crippen LogP contribution < -0.4 is 4.74 Å². The number of carbonyl (C=O) groups is 2. The minimum atomic E-state index is -2.32. The molecule has 0 N–H and O–H groups in total. The smallest absolute Gasteiger partial charge is 0.314 e. The van der Waals surface area contributed by atoms with E-state index in [1.54, 1.807) is 6.92 Å². The monoisotopic (exact) mass is 350 g/mol. The summed E-state index contributed by atoms with van der Waals surface area (Å²) in [5.41, 5.74) is 0. The Bertz CT molecular complexity index is 637. The molecular formula is C16H15F5O3. The molecule has 0 aromatic heterocycles. The second kappa shape index (κ2) is 7.27. The highest BCUT2D eigenvalue weighted by atomic mass is 19.2. The van der Waals surface area contributed by atoms with Gasteiger partial charge in [-0.3, -0.25) is 9.59 Å². The minimum Gasteiger partial charge on any atom is -0.420 e. The standard InChI is InChI=1S/C16H15F5O3/c1-2-9(22)7-3-5-8(6-4-7)16(23)24-15-13(20)11(18)10(17)12(19)14(15)21/h7-8H,2-6H2,1H3. The van der Waals surface area contributed by atoms with Crippen LogP contribution in [0.15, 0.2) is 0 Å². The van der Waals surface area contributed by atoms with Crippen molar-refractivity contribution < 1.29 is 36.3 Å². The molecule has 0 radical (unpaired) electrons. The number of benzene rings is 1. The van der Waals surface area contributed by atoms with Gasteiger partial charge in [-0.2, -0.15) is 8.78 Å². The molecule has 0 spiro atoms. The van der Waals surface area contributed by atoms with Crippen molar-refractivity contribution in [3.63, 3.8) is 0 Å². The summed E-state index contributed by atoms with van der Waals surface area (Å²) < 4.78 is 70.5. The Morgan fingerprint density at radius 1 is 0.833 bits per heavy atom. The van der Waals surface area contributed by atoms with Gasteiger partial charge in [0.15, 0.2) is 0 Å². The second-order valence-corrected chi connectivity index (χ2v) is 5.69. The Morgan fingerprint density at radius 3 is 1.71 bits per heavy atom. The van der Waals surface area contributed by atoms with Crippen LogP contribution in [0.4, 0.5) is 22.0 Å². The first-order valence-corrected chi connectivity index (χ1v) is 7.53. The molecule has 2 rings (SSSR count). The van der Waals surface area contributed by atoms with E-state index in [2.05, 4.69) is 4.74 Å². The van der Waals surface area contributed by atoms with Gasteiger partial charge in [0.25, 0.3) is 0 Å². The number of esters is 1. The number of rotatable bonds is 4. The molecule has 8 heteroatoms. The Kier molecular flexibility index (Phi) is 5.56. The van der Waals surface area contributed by atoms with E-state index in [0.717, 1.165) is 0 Å².